The van der Waals surface area contributed by atoms with Gasteiger partial charge in [0.05, 0.1) is 0 Å². The number of nitrogens with one attached hydrogen (secondary N) is 1. The summed E-state index contributed by atoms with van der Waals surface area (Å²) in [6, 6.07) is -0.0815. The van der Waals surface area contributed by atoms with Crippen molar-refractivity contribution in [1.82, 2.24) is 9.03 Å². The molecular formula is C14H24N2O4S. The Morgan fingerprint density at radius 1 is 1.14 bits per heavy atom. The van der Waals surface area contributed by atoms with Crippen molar-refractivity contribution in [2.24, 2.45) is 17.8 Å². The number of rotatable bonds is 5. The van der Waals surface area contributed by atoms with Gasteiger partial charge in [-0.1, -0.05) is 12.8 Å². The Morgan fingerprint density at radius 2 is 1.71 bits per heavy atom. The van der Waals surface area contributed by atoms with E-state index in [1.807, 2.05) is 0 Å². The number of aliphatic carboxylic acids is 1. The number of nitrogens with zero attached hydrogens (tertiary/aromatic N) is 1. The molecule has 2 saturated carbocycles. The van der Waals surface area contributed by atoms with E-state index in [1.165, 1.54) is 12.8 Å². The number of hydrogen-bond donors (Lipinski definition) is 2. The molecular weight excluding hydrogens is 292 g/mol. The summed E-state index contributed by atoms with van der Waals surface area (Å²) in [7, 11) is -3.39. The number of carboxylic acid groups (broad SMARTS) is 1. The summed E-state index contributed by atoms with van der Waals surface area (Å²) in [5.74, 6) is 0.397. The molecule has 0 aromatic heterocycles. The lowest BCUT2D eigenvalue weighted by atomic mass is 9.79. The van der Waals surface area contributed by atoms with E-state index in [0.717, 1.165) is 12.8 Å². The first kappa shape index (κ1) is 15.2. The summed E-state index contributed by atoms with van der Waals surface area (Å²) in [5, 5.41) is 8.71. The van der Waals surface area contributed by atoms with Crippen molar-refractivity contribution in [3.63, 3.8) is 0 Å². The fourth-order valence-electron chi connectivity index (χ4n) is 4.09. The van der Waals surface area contributed by atoms with Crippen LogP contribution in [0.25, 0.3) is 0 Å². The molecule has 0 aromatic rings. The summed E-state index contributed by atoms with van der Waals surface area (Å²) in [4.78, 5) is 10.6. The first-order valence-electron chi connectivity index (χ1n) is 7.93. The number of carboxylic acids is 1. The third kappa shape index (κ3) is 3.40. The molecule has 6 nitrogen and oxygen atoms in total. The SMILES string of the molecule is O=C(O)CC1CC(NS(=O)(=O)N2C[C@H]3CCCC[C@H]3C2)C1. The van der Waals surface area contributed by atoms with Crippen molar-refractivity contribution in [3.8, 4) is 0 Å². The molecule has 1 heterocycles. The van der Waals surface area contributed by atoms with Gasteiger partial charge in [0.15, 0.2) is 0 Å². The zero-order valence-electron chi connectivity index (χ0n) is 12.2. The summed E-state index contributed by atoms with van der Waals surface area (Å²) in [5.41, 5.74) is 0. The lowest BCUT2D eigenvalue weighted by Crippen LogP contribution is -2.50. The Hall–Kier alpha value is -0.660. The van der Waals surface area contributed by atoms with Gasteiger partial charge in [-0.25, -0.2) is 0 Å². The molecule has 1 saturated heterocycles. The van der Waals surface area contributed by atoms with E-state index in [-0.39, 0.29) is 18.4 Å². The Kier molecular flexibility index (Phi) is 4.25. The van der Waals surface area contributed by atoms with Gasteiger partial charge in [0.2, 0.25) is 0 Å². The maximum atomic E-state index is 12.4. The first-order chi connectivity index (χ1) is 9.94. The van der Waals surface area contributed by atoms with Crippen LogP contribution in [-0.4, -0.2) is 42.9 Å². The molecule has 0 aromatic carbocycles. The van der Waals surface area contributed by atoms with E-state index in [1.54, 1.807) is 4.31 Å². The molecule has 3 aliphatic rings. The summed E-state index contributed by atoms with van der Waals surface area (Å²) in [6.07, 6.45) is 6.19. The standard InChI is InChI=1S/C14H24N2O4S/c17-14(18)7-10-5-13(6-10)15-21(19,20)16-8-11-3-1-2-4-12(11)9-16/h10-13,15H,1-9H2,(H,17,18)/t10?,11-,12+,13?. The maximum Gasteiger partial charge on any atom is 0.303 e. The maximum absolute atomic E-state index is 12.4. The predicted octanol–water partition coefficient (Wildman–Crippen LogP) is 1.20. The van der Waals surface area contributed by atoms with Gasteiger partial charge in [-0.2, -0.15) is 17.4 Å². The minimum atomic E-state index is -3.39. The highest BCUT2D eigenvalue weighted by Gasteiger charge is 2.41. The van der Waals surface area contributed by atoms with E-state index < -0.39 is 16.2 Å². The predicted molar refractivity (Wildman–Crippen MR) is 77.8 cm³/mol. The van der Waals surface area contributed by atoms with Gasteiger partial charge in [-0.3, -0.25) is 4.79 Å². The van der Waals surface area contributed by atoms with E-state index >= 15 is 0 Å². The minimum absolute atomic E-state index is 0.0815. The zero-order valence-corrected chi connectivity index (χ0v) is 13.0. The number of hydrogen-bond acceptors (Lipinski definition) is 3. The van der Waals surface area contributed by atoms with Crippen molar-refractivity contribution in [2.45, 2.75) is 51.0 Å². The van der Waals surface area contributed by atoms with Crippen LogP contribution in [0.4, 0.5) is 0 Å². The first-order valence-corrected chi connectivity index (χ1v) is 9.37. The van der Waals surface area contributed by atoms with Gasteiger partial charge in [0.25, 0.3) is 10.2 Å². The Labute approximate surface area is 126 Å². The minimum Gasteiger partial charge on any atom is -0.481 e. The van der Waals surface area contributed by atoms with Gasteiger partial charge in [-0.15, -0.1) is 0 Å². The number of fused-ring (bicyclic) bond motifs is 1. The molecule has 3 fully saturated rings. The van der Waals surface area contributed by atoms with Crippen LogP contribution in [0.3, 0.4) is 0 Å². The van der Waals surface area contributed by atoms with Crippen LogP contribution >= 0.6 is 0 Å². The third-order valence-electron chi connectivity index (χ3n) is 5.30. The summed E-state index contributed by atoms with van der Waals surface area (Å²) >= 11 is 0. The smallest absolute Gasteiger partial charge is 0.303 e. The molecule has 0 amide bonds. The fraction of sp³-hybridized carbons (Fsp3) is 0.929. The largest absolute Gasteiger partial charge is 0.481 e. The van der Waals surface area contributed by atoms with Crippen LogP contribution < -0.4 is 4.72 Å². The normalized spacial score (nSPS) is 37.0. The molecule has 0 bridgehead atoms. The second kappa shape index (κ2) is 5.85. The van der Waals surface area contributed by atoms with Crippen LogP contribution in [0.2, 0.25) is 0 Å². The molecule has 0 unspecified atom stereocenters. The Morgan fingerprint density at radius 3 is 2.24 bits per heavy atom. The van der Waals surface area contributed by atoms with Crippen LogP contribution in [0, 0.1) is 17.8 Å². The van der Waals surface area contributed by atoms with E-state index in [4.69, 9.17) is 5.11 Å². The van der Waals surface area contributed by atoms with Crippen LogP contribution in [0.1, 0.15) is 44.9 Å². The van der Waals surface area contributed by atoms with Crippen molar-refractivity contribution in [1.29, 1.82) is 0 Å². The Bertz CT molecular complexity index is 487. The summed E-state index contributed by atoms with van der Waals surface area (Å²) < 4.78 is 29.2. The van der Waals surface area contributed by atoms with E-state index in [2.05, 4.69) is 4.72 Å². The topological polar surface area (TPSA) is 86.7 Å². The molecule has 3 rings (SSSR count). The second-order valence-electron chi connectivity index (χ2n) is 6.88. The molecule has 120 valence electrons. The van der Waals surface area contributed by atoms with Gasteiger partial charge < -0.3 is 5.11 Å². The van der Waals surface area contributed by atoms with Crippen molar-refractivity contribution < 1.29 is 18.3 Å². The van der Waals surface area contributed by atoms with Gasteiger partial charge in [-0.05, 0) is 43.4 Å². The molecule has 7 heteroatoms. The molecule has 2 aliphatic carbocycles. The van der Waals surface area contributed by atoms with Crippen molar-refractivity contribution in [2.75, 3.05) is 13.1 Å². The third-order valence-corrected chi connectivity index (χ3v) is 6.91. The molecule has 0 radical (unpaired) electrons. The highest BCUT2D eigenvalue weighted by molar-refractivity contribution is 7.87. The quantitative estimate of drug-likeness (QED) is 0.798. The molecule has 2 N–H and O–H groups in total. The zero-order chi connectivity index (χ0) is 15.0. The van der Waals surface area contributed by atoms with Gasteiger partial charge in [0, 0.05) is 25.6 Å². The lowest BCUT2D eigenvalue weighted by molar-refractivity contribution is -0.138. The summed E-state index contributed by atoms with van der Waals surface area (Å²) in [6.45, 7) is 1.32. The fourth-order valence-corrected chi connectivity index (χ4v) is 5.63. The lowest BCUT2D eigenvalue weighted by Gasteiger charge is -2.35. The average molecular weight is 316 g/mol. The van der Waals surface area contributed by atoms with Gasteiger partial charge >= 0.3 is 5.97 Å². The average Bonchev–Trinajstić information content (AvgIpc) is 2.80. The highest BCUT2D eigenvalue weighted by Crippen LogP contribution is 2.37. The monoisotopic (exact) mass is 316 g/mol. The van der Waals surface area contributed by atoms with Crippen molar-refractivity contribution >= 4 is 16.2 Å². The number of carbonyl (C=O) groups is 1. The van der Waals surface area contributed by atoms with Crippen LogP contribution in [0.5, 0.6) is 0 Å². The van der Waals surface area contributed by atoms with E-state index in [9.17, 15) is 13.2 Å². The molecule has 21 heavy (non-hydrogen) atoms. The molecule has 1 aliphatic heterocycles. The highest BCUT2D eigenvalue weighted by atomic mass is 32.2. The molecule has 2 atom stereocenters. The van der Waals surface area contributed by atoms with Gasteiger partial charge in [0.1, 0.15) is 0 Å². The second-order valence-corrected chi connectivity index (χ2v) is 8.58. The van der Waals surface area contributed by atoms with Crippen LogP contribution in [0.15, 0.2) is 0 Å². The van der Waals surface area contributed by atoms with Crippen LogP contribution in [-0.2, 0) is 15.0 Å². The molecule has 0 spiro atoms. The Balaban J connectivity index is 1.50. The van der Waals surface area contributed by atoms with Crippen molar-refractivity contribution in [3.05, 3.63) is 0 Å². The van der Waals surface area contributed by atoms with E-state index in [0.29, 0.717) is 37.8 Å².